The lowest BCUT2D eigenvalue weighted by atomic mass is 10.2. The van der Waals surface area contributed by atoms with E-state index in [0.717, 1.165) is 9.35 Å². The zero-order valence-corrected chi connectivity index (χ0v) is 10.2. The topological polar surface area (TPSA) is 52.3 Å². The molecule has 0 radical (unpaired) electrons. The highest BCUT2D eigenvalue weighted by Gasteiger charge is 2.15. The van der Waals surface area contributed by atoms with Crippen LogP contribution in [0.3, 0.4) is 0 Å². The molecule has 0 bridgehead atoms. The van der Waals surface area contributed by atoms with E-state index in [-0.39, 0.29) is 18.4 Å². The Bertz CT molecular complexity index is 314. The van der Waals surface area contributed by atoms with Gasteiger partial charge in [-0.25, -0.2) is 0 Å². The van der Waals surface area contributed by atoms with E-state index in [1.54, 1.807) is 6.92 Å². The van der Waals surface area contributed by atoms with Crippen LogP contribution in [0.4, 0.5) is 0 Å². The average Bonchev–Trinajstić information content (AvgIpc) is 2.51. The lowest BCUT2D eigenvalue weighted by molar-refractivity contribution is -0.143. The molecule has 0 aromatic carbocycles. The van der Waals surface area contributed by atoms with Gasteiger partial charge >= 0.3 is 5.97 Å². The summed E-state index contributed by atoms with van der Waals surface area (Å²) in [4.78, 5) is 12.1. The summed E-state index contributed by atoms with van der Waals surface area (Å²) in [6.07, 6.45) is 0.229. The smallest absolute Gasteiger partial charge is 0.307 e. The molecular weight excluding hydrogens is 266 g/mol. The number of rotatable bonds is 4. The Morgan fingerprint density at radius 1 is 1.79 bits per heavy atom. The summed E-state index contributed by atoms with van der Waals surface area (Å²) in [7, 11) is 0. The van der Waals surface area contributed by atoms with Crippen molar-refractivity contribution >= 4 is 33.2 Å². The molecule has 5 heteroatoms. The largest absolute Gasteiger partial charge is 0.466 e. The van der Waals surface area contributed by atoms with Gasteiger partial charge in [-0.1, -0.05) is 0 Å². The van der Waals surface area contributed by atoms with Gasteiger partial charge in [0.25, 0.3) is 0 Å². The van der Waals surface area contributed by atoms with Gasteiger partial charge in [0.2, 0.25) is 0 Å². The first kappa shape index (κ1) is 11.7. The second-order valence-corrected chi connectivity index (χ2v) is 4.55. The summed E-state index contributed by atoms with van der Waals surface area (Å²) in [5, 5.41) is 1.93. The first-order valence-corrected chi connectivity index (χ1v) is 5.96. The van der Waals surface area contributed by atoms with Crippen molar-refractivity contribution in [3.63, 3.8) is 0 Å². The molecule has 0 aliphatic heterocycles. The van der Waals surface area contributed by atoms with Crippen molar-refractivity contribution in [1.82, 2.24) is 0 Å². The van der Waals surface area contributed by atoms with E-state index in [1.165, 1.54) is 11.3 Å². The summed E-state index contributed by atoms with van der Waals surface area (Å²) in [6, 6.07) is 1.65. The van der Waals surface area contributed by atoms with Crippen molar-refractivity contribution in [2.75, 3.05) is 6.61 Å². The van der Waals surface area contributed by atoms with Crippen LogP contribution in [-0.4, -0.2) is 12.6 Å². The molecule has 0 aliphatic rings. The minimum atomic E-state index is -0.275. The number of hydrogen-bond donors (Lipinski definition) is 1. The zero-order chi connectivity index (χ0) is 10.6. The highest BCUT2D eigenvalue weighted by molar-refractivity contribution is 9.10. The first-order valence-electron chi connectivity index (χ1n) is 4.29. The molecule has 0 unspecified atom stereocenters. The molecule has 0 spiro atoms. The van der Waals surface area contributed by atoms with Gasteiger partial charge in [0.15, 0.2) is 0 Å². The molecule has 78 valence electrons. The number of carbonyl (C=O) groups is 1. The monoisotopic (exact) mass is 277 g/mol. The van der Waals surface area contributed by atoms with Gasteiger partial charge in [0, 0.05) is 9.35 Å². The molecule has 3 nitrogen and oxygen atoms in total. The van der Waals surface area contributed by atoms with Crippen molar-refractivity contribution in [3.05, 3.63) is 20.8 Å². The lowest BCUT2D eigenvalue weighted by Gasteiger charge is -2.09. The van der Waals surface area contributed by atoms with Gasteiger partial charge in [-0.15, -0.1) is 11.3 Å². The maximum atomic E-state index is 11.1. The third-order valence-electron chi connectivity index (χ3n) is 1.67. The Hall–Kier alpha value is -0.390. The van der Waals surface area contributed by atoms with Crippen molar-refractivity contribution in [1.29, 1.82) is 0 Å². The van der Waals surface area contributed by atoms with Gasteiger partial charge in [-0.2, -0.15) is 0 Å². The normalized spacial score (nSPS) is 12.5. The molecule has 0 saturated carbocycles. The van der Waals surface area contributed by atoms with E-state index in [2.05, 4.69) is 15.9 Å². The molecule has 0 aliphatic carbocycles. The highest BCUT2D eigenvalue weighted by atomic mass is 79.9. The molecule has 0 saturated heterocycles. The Balaban J connectivity index is 2.54. The third kappa shape index (κ3) is 3.08. The van der Waals surface area contributed by atoms with E-state index >= 15 is 0 Å². The molecule has 1 aromatic heterocycles. The number of ether oxygens (including phenoxy) is 1. The predicted octanol–water partition coefficient (Wildman–Crippen LogP) is 2.46. The summed E-state index contributed by atoms with van der Waals surface area (Å²) < 4.78 is 5.78. The summed E-state index contributed by atoms with van der Waals surface area (Å²) >= 11 is 4.91. The van der Waals surface area contributed by atoms with Crippen molar-refractivity contribution in [2.24, 2.45) is 5.73 Å². The van der Waals surface area contributed by atoms with Gasteiger partial charge < -0.3 is 10.5 Å². The minimum Gasteiger partial charge on any atom is -0.466 e. The number of halogens is 1. The highest BCUT2D eigenvalue weighted by Crippen LogP contribution is 2.29. The Kier molecular flexibility index (Phi) is 4.57. The summed E-state index contributed by atoms with van der Waals surface area (Å²) in [5.41, 5.74) is 5.85. The Morgan fingerprint density at radius 3 is 3.00 bits per heavy atom. The van der Waals surface area contributed by atoms with Gasteiger partial charge in [0.1, 0.15) is 0 Å². The van der Waals surface area contributed by atoms with Crippen LogP contribution in [0.25, 0.3) is 0 Å². The van der Waals surface area contributed by atoms with Crippen molar-refractivity contribution < 1.29 is 9.53 Å². The molecule has 1 atom stereocenters. The minimum absolute atomic E-state index is 0.229. The molecular formula is C9H12BrNO2S. The lowest BCUT2D eigenvalue weighted by Crippen LogP contribution is -2.16. The number of hydrogen-bond acceptors (Lipinski definition) is 4. The van der Waals surface area contributed by atoms with Crippen LogP contribution >= 0.6 is 27.3 Å². The van der Waals surface area contributed by atoms with Crippen molar-refractivity contribution in [3.8, 4) is 0 Å². The van der Waals surface area contributed by atoms with Crippen LogP contribution in [0.15, 0.2) is 15.9 Å². The SMILES string of the molecule is CCOC(=O)C[C@@H](N)c1sccc1Br. The Morgan fingerprint density at radius 2 is 2.50 bits per heavy atom. The van der Waals surface area contributed by atoms with E-state index in [0.29, 0.717) is 6.61 Å². The number of thiophene rings is 1. The maximum absolute atomic E-state index is 11.1. The molecule has 0 fully saturated rings. The van der Waals surface area contributed by atoms with Crippen LogP contribution in [0, 0.1) is 0 Å². The van der Waals surface area contributed by atoms with E-state index in [9.17, 15) is 4.79 Å². The molecule has 2 N–H and O–H groups in total. The summed E-state index contributed by atoms with van der Waals surface area (Å²) in [6.45, 7) is 2.18. The number of esters is 1. The number of nitrogens with two attached hydrogens (primary N) is 1. The van der Waals surface area contributed by atoms with Crippen molar-refractivity contribution in [2.45, 2.75) is 19.4 Å². The first-order chi connectivity index (χ1) is 6.65. The fraction of sp³-hybridized carbons (Fsp3) is 0.444. The molecule has 14 heavy (non-hydrogen) atoms. The molecule has 1 heterocycles. The van der Waals surface area contributed by atoms with Crippen LogP contribution in [0.2, 0.25) is 0 Å². The summed E-state index contributed by atoms with van der Waals surface area (Å²) in [5.74, 6) is -0.250. The van der Waals surface area contributed by atoms with Crippen LogP contribution in [0.1, 0.15) is 24.3 Å². The van der Waals surface area contributed by atoms with Gasteiger partial charge in [-0.05, 0) is 34.3 Å². The van der Waals surface area contributed by atoms with Crippen LogP contribution in [-0.2, 0) is 9.53 Å². The number of carbonyl (C=O) groups excluding carboxylic acids is 1. The second kappa shape index (κ2) is 5.48. The van der Waals surface area contributed by atoms with Crippen LogP contribution < -0.4 is 5.73 Å². The van der Waals surface area contributed by atoms with E-state index in [4.69, 9.17) is 10.5 Å². The van der Waals surface area contributed by atoms with Gasteiger partial charge in [0.05, 0.1) is 19.1 Å². The molecule has 1 aromatic rings. The Labute approximate surface area is 95.4 Å². The zero-order valence-electron chi connectivity index (χ0n) is 7.83. The molecule has 1 rings (SSSR count). The fourth-order valence-electron chi connectivity index (χ4n) is 1.06. The van der Waals surface area contributed by atoms with E-state index < -0.39 is 0 Å². The molecule has 0 amide bonds. The quantitative estimate of drug-likeness (QED) is 0.861. The predicted molar refractivity (Wildman–Crippen MR) is 60.2 cm³/mol. The maximum Gasteiger partial charge on any atom is 0.307 e. The second-order valence-electron chi connectivity index (χ2n) is 2.75. The van der Waals surface area contributed by atoms with E-state index in [1.807, 2.05) is 11.4 Å². The van der Waals surface area contributed by atoms with Gasteiger partial charge in [-0.3, -0.25) is 4.79 Å². The average molecular weight is 278 g/mol. The third-order valence-corrected chi connectivity index (χ3v) is 3.68. The van der Waals surface area contributed by atoms with Crippen LogP contribution in [0.5, 0.6) is 0 Å². The fourth-order valence-corrected chi connectivity index (χ4v) is 2.73. The standard InChI is InChI=1S/C9H12BrNO2S/c1-2-13-8(12)5-7(11)9-6(10)3-4-14-9/h3-4,7H,2,5,11H2,1H3/t7-/m1/s1.